The zero-order valence-electron chi connectivity index (χ0n) is 21.2. The van der Waals surface area contributed by atoms with Crippen molar-refractivity contribution in [1.29, 1.82) is 0 Å². The van der Waals surface area contributed by atoms with Gasteiger partial charge in [0, 0.05) is 5.92 Å². The highest BCUT2D eigenvalue weighted by Crippen LogP contribution is 2.41. The van der Waals surface area contributed by atoms with Crippen LogP contribution in [0.4, 0.5) is 0 Å². The zero-order chi connectivity index (χ0) is 23.6. The van der Waals surface area contributed by atoms with Gasteiger partial charge in [-0.05, 0) is 72.8 Å². The molecule has 0 amide bonds. The molecule has 0 saturated carbocycles. The predicted octanol–water partition coefficient (Wildman–Crippen LogP) is 9.33. The molecular formula is C32H40. The van der Waals surface area contributed by atoms with Crippen molar-refractivity contribution in [2.24, 2.45) is 11.3 Å². The molecule has 0 saturated heterocycles. The van der Waals surface area contributed by atoms with Gasteiger partial charge < -0.3 is 0 Å². The Morgan fingerprint density at radius 3 is 2.22 bits per heavy atom. The van der Waals surface area contributed by atoms with E-state index in [1.54, 1.807) is 0 Å². The molecule has 2 aromatic rings. The summed E-state index contributed by atoms with van der Waals surface area (Å²) in [6, 6.07) is 15.9. The second-order valence-corrected chi connectivity index (χ2v) is 11.1. The van der Waals surface area contributed by atoms with E-state index in [1.165, 1.54) is 44.5 Å². The van der Waals surface area contributed by atoms with Gasteiger partial charge >= 0.3 is 0 Å². The lowest BCUT2D eigenvalue weighted by atomic mass is 9.81. The van der Waals surface area contributed by atoms with Gasteiger partial charge in [0.1, 0.15) is 0 Å². The molecule has 0 heteroatoms. The Labute approximate surface area is 196 Å². The number of benzene rings is 2. The third-order valence-corrected chi connectivity index (χ3v) is 6.35. The molecule has 32 heavy (non-hydrogen) atoms. The van der Waals surface area contributed by atoms with Crippen molar-refractivity contribution in [3.8, 4) is 0 Å². The maximum absolute atomic E-state index is 4.51. The van der Waals surface area contributed by atoms with Crippen molar-refractivity contribution in [2.75, 3.05) is 0 Å². The molecule has 0 N–H and O–H groups in total. The van der Waals surface area contributed by atoms with Gasteiger partial charge in [0.2, 0.25) is 0 Å². The van der Waals surface area contributed by atoms with Gasteiger partial charge in [-0.25, -0.2) is 0 Å². The molecule has 0 heterocycles. The number of aryl methyl sites for hydroxylation is 1. The SMILES string of the molecule is C=C(C)c1ccc(C2C=C(C)C=C2[C@H](C)CC(=C)c2cc(C)cc(CC(C)(C)C)c2)cc1. The molecule has 3 rings (SSSR count). The molecule has 0 bridgehead atoms. The highest BCUT2D eigenvalue weighted by atomic mass is 14.3. The molecule has 168 valence electrons. The van der Waals surface area contributed by atoms with Crippen LogP contribution in [0, 0.1) is 18.3 Å². The Kier molecular flexibility index (Phi) is 7.13. The van der Waals surface area contributed by atoms with Gasteiger partial charge in [0.25, 0.3) is 0 Å². The lowest BCUT2D eigenvalue weighted by molar-refractivity contribution is 0.411. The summed E-state index contributed by atoms with van der Waals surface area (Å²) in [5.74, 6) is 0.791. The van der Waals surface area contributed by atoms with Crippen molar-refractivity contribution in [2.45, 2.75) is 67.2 Å². The number of hydrogen-bond donors (Lipinski definition) is 0. The highest BCUT2D eigenvalue weighted by Gasteiger charge is 2.24. The van der Waals surface area contributed by atoms with Crippen molar-refractivity contribution in [1.82, 2.24) is 0 Å². The van der Waals surface area contributed by atoms with E-state index in [2.05, 4.69) is 116 Å². The summed E-state index contributed by atoms with van der Waals surface area (Å²) in [4.78, 5) is 0. The molecule has 0 aliphatic heterocycles. The van der Waals surface area contributed by atoms with Crippen LogP contribution >= 0.6 is 0 Å². The Balaban J connectivity index is 1.78. The maximum atomic E-state index is 4.51. The van der Waals surface area contributed by atoms with E-state index in [9.17, 15) is 0 Å². The molecule has 2 aromatic carbocycles. The first-order chi connectivity index (χ1) is 14.9. The van der Waals surface area contributed by atoms with Crippen LogP contribution in [0.1, 0.15) is 81.7 Å². The van der Waals surface area contributed by atoms with E-state index in [0.29, 0.717) is 11.8 Å². The van der Waals surface area contributed by atoms with Crippen molar-refractivity contribution in [3.05, 3.63) is 107 Å². The van der Waals surface area contributed by atoms with Crippen molar-refractivity contribution < 1.29 is 0 Å². The topological polar surface area (TPSA) is 0 Å². The lowest BCUT2D eigenvalue weighted by Crippen LogP contribution is -2.10. The molecule has 0 spiro atoms. The second kappa shape index (κ2) is 9.49. The van der Waals surface area contributed by atoms with Crippen LogP contribution in [-0.4, -0.2) is 0 Å². The van der Waals surface area contributed by atoms with Crippen molar-refractivity contribution >= 4 is 11.1 Å². The van der Waals surface area contributed by atoms with Gasteiger partial charge in [0.15, 0.2) is 0 Å². The smallest absolute Gasteiger partial charge is 0.0239 e. The number of hydrogen-bond acceptors (Lipinski definition) is 0. The summed E-state index contributed by atoms with van der Waals surface area (Å²) < 4.78 is 0. The first-order valence-electron chi connectivity index (χ1n) is 11.9. The minimum absolute atomic E-state index is 0.282. The fraction of sp³-hybridized carbons (Fsp3) is 0.375. The molecule has 0 radical (unpaired) electrons. The summed E-state index contributed by atoms with van der Waals surface area (Å²) in [5.41, 5.74) is 12.1. The van der Waals surface area contributed by atoms with Crippen LogP contribution in [-0.2, 0) is 6.42 Å². The summed E-state index contributed by atoms with van der Waals surface area (Å²) in [7, 11) is 0. The minimum Gasteiger partial charge on any atom is -0.0955 e. The zero-order valence-corrected chi connectivity index (χ0v) is 21.2. The Hall–Kier alpha value is -2.60. The van der Waals surface area contributed by atoms with Crippen LogP contribution in [0.15, 0.2) is 78.9 Å². The predicted molar refractivity (Wildman–Crippen MR) is 143 cm³/mol. The van der Waals surface area contributed by atoms with E-state index in [1.807, 2.05) is 0 Å². The standard InChI is InChI=1S/C32H40/c1-21(2)27-10-12-28(13-11-27)31-17-23(4)16-30(31)25(6)18-24(5)29-15-22(3)14-26(19-29)20-32(7,8)9/h10-17,19,25,31H,1,5,18,20H2,2-4,6-9H3/t25-,31?/m1/s1. The van der Waals surface area contributed by atoms with E-state index < -0.39 is 0 Å². The first-order valence-corrected chi connectivity index (χ1v) is 11.9. The number of rotatable bonds is 7. The molecule has 2 atom stereocenters. The van der Waals surface area contributed by atoms with Crippen molar-refractivity contribution in [3.63, 3.8) is 0 Å². The Morgan fingerprint density at radius 2 is 1.62 bits per heavy atom. The summed E-state index contributed by atoms with van der Waals surface area (Å²) in [6.45, 7) is 24.3. The largest absolute Gasteiger partial charge is 0.0955 e. The van der Waals surface area contributed by atoms with Gasteiger partial charge in [-0.15, -0.1) is 0 Å². The molecule has 1 aliphatic carbocycles. The normalized spacial score (nSPS) is 17.0. The van der Waals surface area contributed by atoms with E-state index in [4.69, 9.17) is 0 Å². The lowest BCUT2D eigenvalue weighted by Gasteiger charge is -2.23. The third-order valence-electron chi connectivity index (χ3n) is 6.35. The highest BCUT2D eigenvalue weighted by molar-refractivity contribution is 5.66. The van der Waals surface area contributed by atoms with Gasteiger partial charge in [-0.2, -0.15) is 0 Å². The third kappa shape index (κ3) is 6.00. The average molecular weight is 425 g/mol. The van der Waals surface area contributed by atoms with E-state index in [-0.39, 0.29) is 5.41 Å². The molecule has 1 aliphatic rings. The average Bonchev–Trinajstić information content (AvgIpc) is 3.08. The van der Waals surface area contributed by atoms with Crippen LogP contribution in [0.3, 0.4) is 0 Å². The maximum Gasteiger partial charge on any atom is 0.0239 e. The minimum atomic E-state index is 0.282. The molecule has 0 aromatic heterocycles. The second-order valence-electron chi connectivity index (χ2n) is 11.1. The van der Waals surface area contributed by atoms with Crippen LogP contribution in [0.25, 0.3) is 11.1 Å². The molecule has 0 nitrogen and oxygen atoms in total. The van der Waals surface area contributed by atoms with E-state index >= 15 is 0 Å². The summed E-state index contributed by atoms with van der Waals surface area (Å²) >= 11 is 0. The van der Waals surface area contributed by atoms with Gasteiger partial charge in [-0.1, -0.05) is 118 Å². The fourth-order valence-electron chi connectivity index (χ4n) is 4.86. The molecular weight excluding hydrogens is 384 g/mol. The van der Waals surface area contributed by atoms with Crippen LogP contribution < -0.4 is 0 Å². The fourth-order valence-corrected chi connectivity index (χ4v) is 4.86. The first kappa shape index (κ1) is 24.1. The summed E-state index contributed by atoms with van der Waals surface area (Å²) in [6.07, 6.45) is 6.85. The quantitative estimate of drug-likeness (QED) is 0.415. The summed E-state index contributed by atoms with van der Waals surface area (Å²) in [5, 5.41) is 0. The Bertz CT molecular complexity index is 1060. The Morgan fingerprint density at radius 1 is 0.969 bits per heavy atom. The van der Waals surface area contributed by atoms with Gasteiger partial charge in [-0.3, -0.25) is 0 Å². The molecule has 0 fully saturated rings. The van der Waals surface area contributed by atoms with Crippen LogP contribution in [0.5, 0.6) is 0 Å². The monoisotopic (exact) mass is 424 g/mol. The van der Waals surface area contributed by atoms with E-state index in [0.717, 1.165) is 18.4 Å². The number of allylic oxidation sites excluding steroid dienone is 6. The van der Waals surface area contributed by atoms with Gasteiger partial charge in [0.05, 0.1) is 0 Å². The van der Waals surface area contributed by atoms with Crippen LogP contribution in [0.2, 0.25) is 0 Å². The molecule has 1 unspecified atom stereocenters.